The lowest BCUT2D eigenvalue weighted by Crippen LogP contribution is -2.55. The summed E-state index contributed by atoms with van der Waals surface area (Å²) in [7, 11) is 0. The maximum absolute atomic E-state index is 13.2. The van der Waals surface area contributed by atoms with Gasteiger partial charge in [0.1, 0.15) is 0 Å². The first-order chi connectivity index (χ1) is 13.7. The molecule has 0 spiro atoms. The predicted molar refractivity (Wildman–Crippen MR) is 113 cm³/mol. The minimum absolute atomic E-state index is 0.175. The van der Waals surface area contributed by atoms with E-state index in [0.29, 0.717) is 29.6 Å². The molecule has 0 unspecified atom stereocenters. The lowest BCUT2D eigenvalue weighted by atomic mass is 9.44. The van der Waals surface area contributed by atoms with Crippen molar-refractivity contribution in [1.29, 1.82) is 0 Å². The SMILES string of the molecule is C[C@]1(O)CC[C@]2(C)[C@H](CC[C@@H]3[C@H]2CC[C@]2(C)[C@@H](C(=O)Cn4cccn4)CC[C@@H]32)C1. The average Bonchev–Trinajstić information content (AvgIpc) is 3.29. The molecular formula is C25H38N2O2. The third-order valence-electron chi connectivity index (χ3n) is 10.2. The molecule has 160 valence electrons. The van der Waals surface area contributed by atoms with Crippen LogP contribution in [0.15, 0.2) is 18.5 Å². The normalized spacial score (nSPS) is 49.2. The van der Waals surface area contributed by atoms with Crippen molar-refractivity contribution in [3.8, 4) is 0 Å². The lowest BCUT2D eigenvalue weighted by molar-refractivity contribution is -0.151. The average molecular weight is 399 g/mol. The molecule has 0 amide bonds. The third kappa shape index (κ3) is 3.04. The maximum Gasteiger partial charge on any atom is 0.157 e. The zero-order valence-corrected chi connectivity index (χ0v) is 18.4. The van der Waals surface area contributed by atoms with Crippen LogP contribution in [-0.4, -0.2) is 26.3 Å². The molecule has 4 aliphatic carbocycles. The van der Waals surface area contributed by atoms with Gasteiger partial charge in [-0.25, -0.2) is 0 Å². The minimum atomic E-state index is -0.461. The zero-order valence-electron chi connectivity index (χ0n) is 18.4. The van der Waals surface area contributed by atoms with Gasteiger partial charge in [-0.1, -0.05) is 13.8 Å². The number of rotatable bonds is 3. The van der Waals surface area contributed by atoms with Crippen molar-refractivity contribution < 1.29 is 9.90 Å². The van der Waals surface area contributed by atoms with Crippen LogP contribution in [-0.2, 0) is 11.3 Å². The number of hydrogen-bond donors (Lipinski definition) is 1. The first kappa shape index (κ1) is 19.8. The Morgan fingerprint density at radius 3 is 2.59 bits per heavy atom. The molecule has 0 aliphatic heterocycles. The van der Waals surface area contributed by atoms with E-state index in [-0.39, 0.29) is 11.3 Å². The summed E-state index contributed by atoms with van der Waals surface area (Å²) in [6.45, 7) is 7.46. The van der Waals surface area contributed by atoms with Crippen LogP contribution in [0.5, 0.6) is 0 Å². The van der Waals surface area contributed by atoms with E-state index in [9.17, 15) is 9.90 Å². The van der Waals surface area contributed by atoms with E-state index >= 15 is 0 Å². The molecule has 0 bridgehead atoms. The number of carbonyl (C=O) groups excluding carboxylic acids is 1. The Balaban J connectivity index is 1.36. The Bertz CT molecular complexity index is 772. The van der Waals surface area contributed by atoms with Crippen molar-refractivity contribution >= 4 is 5.78 Å². The van der Waals surface area contributed by atoms with E-state index in [0.717, 1.165) is 31.1 Å². The van der Waals surface area contributed by atoms with E-state index in [1.165, 1.54) is 38.5 Å². The lowest BCUT2D eigenvalue weighted by Gasteiger charge is -2.61. The fourth-order valence-electron chi connectivity index (χ4n) is 8.62. The topological polar surface area (TPSA) is 55.1 Å². The number of nitrogens with zero attached hydrogens (tertiary/aromatic N) is 2. The second-order valence-corrected chi connectivity index (χ2v) is 11.7. The van der Waals surface area contributed by atoms with E-state index in [2.05, 4.69) is 18.9 Å². The van der Waals surface area contributed by atoms with Crippen molar-refractivity contribution in [1.82, 2.24) is 9.78 Å². The summed E-state index contributed by atoms with van der Waals surface area (Å²) in [5, 5.41) is 14.9. The summed E-state index contributed by atoms with van der Waals surface area (Å²) < 4.78 is 1.80. The largest absolute Gasteiger partial charge is 0.390 e. The van der Waals surface area contributed by atoms with Crippen molar-refractivity contribution in [3.05, 3.63) is 18.5 Å². The predicted octanol–water partition coefficient (Wildman–Crippen LogP) is 4.86. The molecule has 0 radical (unpaired) electrons. The first-order valence-corrected chi connectivity index (χ1v) is 12.0. The Hall–Kier alpha value is -1.16. The molecule has 4 aliphatic rings. The van der Waals surface area contributed by atoms with Crippen LogP contribution >= 0.6 is 0 Å². The van der Waals surface area contributed by atoms with Crippen molar-refractivity contribution in [2.24, 2.45) is 40.4 Å². The van der Waals surface area contributed by atoms with Crippen LogP contribution in [0, 0.1) is 40.4 Å². The summed E-state index contributed by atoms with van der Waals surface area (Å²) in [5.41, 5.74) is 0.107. The smallest absolute Gasteiger partial charge is 0.157 e. The van der Waals surface area contributed by atoms with Gasteiger partial charge in [0.25, 0.3) is 0 Å². The number of aromatic nitrogens is 2. The molecule has 0 saturated heterocycles. The molecule has 1 aromatic heterocycles. The molecule has 4 saturated carbocycles. The van der Waals surface area contributed by atoms with Crippen molar-refractivity contribution in [2.45, 2.75) is 90.7 Å². The highest BCUT2D eigenvalue weighted by Gasteiger charge is 2.61. The second-order valence-electron chi connectivity index (χ2n) is 11.7. The minimum Gasteiger partial charge on any atom is -0.390 e. The van der Waals surface area contributed by atoms with Gasteiger partial charge in [0.15, 0.2) is 5.78 Å². The Morgan fingerprint density at radius 1 is 1.03 bits per heavy atom. The van der Waals surface area contributed by atoms with Crippen LogP contribution in [0.3, 0.4) is 0 Å². The van der Waals surface area contributed by atoms with Crippen LogP contribution in [0.4, 0.5) is 0 Å². The van der Waals surface area contributed by atoms with Gasteiger partial charge in [-0.2, -0.15) is 5.10 Å². The van der Waals surface area contributed by atoms with Gasteiger partial charge in [0.05, 0.1) is 12.1 Å². The molecule has 1 heterocycles. The van der Waals surface area contributed by atoms with Gasteiger partial charge in [0, 0.05) is 18.3 Å². The van der Waals surface area contributed by atoms with Gasteiger partial charge >= 0.3 is 0 Å². The van der Waals surface area contributed by atoms with Gasteiger partial charge < -0.3 is 5.11 Å². The highest BCUT2D eigenvalue weighted by atomic mass is 16.3. The quantitative estimate of drug-likeness (QED) is 0.791. The molecule has 8 atom stereocenters. The third-order valence-corrected chi connectivity index (χ3v) is 10.2. The summed E-state index contributed by atoms with van der Waals surface area (Å²) in [5.74, 6) is 3.54. The number of Topliss-reactive ketones (excluding diaryl/α,β-unsaturated/α-hetero) is 1. The summed E-state index contributed by atoms with van der Waals surface area (Å²) >= 11 is 0. The number of carbonyl (C=O) groups is 1. The number of fused-ring (bicyclic) bond motifs is 5. The number of ketones is 1. The summed E-state index contributed by atoms with van der Waals surface area (Å²) in [6.07, 6.45) is 14.1. The molecule has 29 heavy (non-hydrogen) atoms. The van der Waals surface area contributed by atoms with E-state index in [1.807, 2.05) is 19.2 Å². The second kappa shape index (κ2) is 6.67. The fourth-order valence-corrected chi connectivity index (χ4v) is 8.62. The van der Waals surface area contributed by atoms with Crippen molar-refractivity contribution in [2.75, 3.05) is 0 Å². The first-order valence-electron chi connectivity index (χ1n) is 12.0. The standard InChI is InChI=1S/C25H38N2O2/c1-23(29)11-12-24(2)17(15-23)5-6-18-19-7-8-21(25(19,3)10-9-20(18)24)22(28)16-27-14-4-13-26-27/h4,13-14,17-21,29H,5-12,15-16H2,1-3H3/t17-,18+,19+,20-,21-,23+,24-,25+/m1/s1. The van der Waals surface area contributed by atoms with Gasteiger partial charge in [-0.05, 0) is 105 Å². The molecule has 4 fully saturated rings. The molecule has 0 aromatic carbocycles. The highest BCUT2D eigenvalue weighted by Crippen LogP contribution is 2.68. The maximum atomic E-state index is 13.2. The molecule has 1 aromatic rings. The van der Waals surface area contributed by atoms with Crippen LogP contribution < -0.4 is 0 Å². The van der Waals surface area contributed by atoms with Crippen LogP contribution in [0.2, 0.25) is 0 Å². The highest BCUT2D eigenvalue weighted by molar-refractivity contribution is 5.82. The van der Waals surface area contributed by atoms with Crippen LogP contribution in [0.25, 0.3) is 0 Å². The van der Waals surface area contributed by atoms with E-state index in [4.69, 9.17) is 0 Å². The monoisotopic (exact) mass is 398 g/mol. The Labute approximate surface area is 175 Å². The number of aliphatic hydroxyl groups is 1. The van der Waals surface area contributed by atoms with E-state index < -0.39 is 5.60 Å². The van der Waals surface area contributed by atoms with Crippen molar-refractivity contribution in [3.63, 3.8) is 0 Å². The fraction of sp³-hybridized carbons (Fsp3) is 0.840. The van der Waals surface area contributed by atoms with Crippen LogP contribution in [0.1, 0.15) is 78.6 Å². The summed E-state index contributed by atoms with van der Waals surface area (Å²) in [6, 6.07) is 1.90. The molecule has 5 rings (SSSR count). The molecular weight excluding hydrogens is 360 g/mol. The Morgan fingerprint density at radius 2 is 1.83 bits per heavy atom. The molecule has 4 heteroatoms. The number of hydrogen-bond acceptors (Lipinski definition) is 3. The molecule has 1 N–H and O–H groups in total. The summed E-state index contributed by atoms with van der Waals surface area (Å²) in [4.78, 5) is 13.2. The van der Waals surface area contributed by atoms with Gasteiger partial charge in [-0.15, -0.1) is 0 Å². The Kier molecular flexibility index (Phi) is 4.55. The van der Waals surface area contributed by atoms with E-state index in [1.54, 1.807) is 10.9 Å². The van der Waals surface area contributed by atoms with Gasteiger partial charge in [-0.3, -0.25) is 9.48 Å². The van der Waals surface area contributed by atoms with Gasteiger partial charge in [0.2, 0.25) is 0 Å². The zero-order chi connectivity index (χ0) is 20.4. The molecule has 4 nitrogen and oxygen atoms in total.